The molecule has 1 unspecified atom stereocenters. The van der Waals surface area contributed by atoms with Crippen molar-refractivity contribution in [1.82, 2.24) is 4.98 Å². The predicted molar refractivity (Wildman–Crippen MR) is 71.7 cm³/mol. The lowest BCUT2D eigenvalue weighted by molar-refractivity contribution is 0.0691. The van der Waals surface area contributed by atoms with Crippen molar-refractivity contribution in [3.63, 3.8) is 0 Å². The molecular weight excluding hydrogens is 267 g/mol. The van der Waals surface area contributed by atoms with Gasteiger partial charge in [-0.1, -0.05) is 0 Å². The maximum absolute atomic E-state index is 14.2. The SMILES string of the molecule is COCCN(c1nccc(C(=O)O)c1F)C(C)COC. The Kier molecular flexibility index (Phi) is 6.33. The van der Waals surface area contributed by atoms with E-state index < -0.39 is 17.3 Å². The summed E-state index contributed by atoms with van der Waals surface area (Å²) in [4.78, 5) is 16.6. The lowest BCUT2D eigenvalue weighted by atomic mass is 10.2. The van der Waals surface area contributed by atoms with Crippen LogP contribution in [-0.4, -0.2) is 56.1 Å². The quantitative estimate of drug-likeness (QED) is 0.779. The van der Waals surface area contributed by atoms with Crippen LogP contribution in [0.1, 0.15) is 17.3 Å². The van der Waals surface area contributed by atoms with E-state index >= 15 is 0 Å². The van der Waals surface area contributed by atoms with E-state index in [1.165, 1.54) is 13.3 Å². The number of hydrogen-bond acceptors (Lipinski definition) is 5. The minimum Gasteiger partial charge on any atom is -0.478 e. The average molecular weight is 286 g/mol. The first-order chi connectivity index (χ1) is 9.52. The van der Waals surface area contributed by atoms with E-state index in [0.717, 1.165) is 6.07 Å². The summed E-state index contributed by atoms with van der Waals surface area (Å²) in [6.07, 6.45) is 1.28. The molecule has 1 aromatic heterocycles. The highest BCUT2D eigenvalue weighted by Gasteiger charge is 2.23. The van der Waals surface area contributed by atoms with Crippen LogP contribution in [0.2, 0.25) is 0 Å². The first-order valence-electron chi connectivity index (χ1n) is 6.15. The standard InChI is InChI=1S/C13H19FN2O4/c1-9(8-20-3)16(6-7-19-2)12-11(14)10(13(17)18)4-5-15-12/h4-5,9H,6-8H2,1-3H3,(H,17,18). The van der Waals surface area contributed by atoms with E-state index in [9.17, 15) is 9.18 Å². The van der Waals surface area contributed by atoms with Crippen molar-refractivity contribution in [2.45, 2.75) is 13.0 Å². The number of nitrogens with zero attached hydrogens (tertiary/aromatic N) is 2. The summed E-state index contributed by atoms with van der Waals surface area (Å²) in [5.74, 6) is -2.18. The molecule has 0 saturated heterocycles. The zero-order chi connectivity index (χ0) is 15.1. The molecular formula is C13H19FN2O4. The van der Waals surface area contributed by atoms with Crippen LogP contribution in [0.25, 0.3) is 0 Å². The maximum Gasteiger partial charge on any atom is 0.338 e. The molecule has 20 heavy (non-hydrogen) atoms. The van der Waals surface area contributed by atoms with Crippen LogP contribution in [0.3, 0.4) is 0 Å². The normalized spacial score (nSPS) is 12.2. The van der Waals surface area contributed by atoms with Crippen LogP contribution in [0.4, 0.5) is 10.2 Å². The highest BCUT2D eigenvalue weighted by molar-refractivity contribution is 5.88. The minimum absolute atomic E-state index is 0.00787. The number of anilines is 1. The molecule has 7 heteroatoms. The fourth-order valence-corrected chi connectivity index (χ4v) is 1.85. The molecule has 1 N–H and O–H groups in total. The van der Waals surface area contributed by atoms with Crippen LogP contribution in [0, 0.1) is 5.82 Å². The summed E-state index contributed by atoms with van der Waals surface area (Å²) in [7, 11) is 3.08. The van der Waals surface area contributed by atoms with Crippen LogP contribution in [-0.2, 0) is 9.47 Å². The lowest BCUT2D eigenvalue weighted by Gasteiger charge is -2.30. The van der Waals surface area contributed by atoms with Gasteiger partial charge in [0, 0.05) is 27.0 Å². The topological polar surface area (TPSA) is 71.9 Å². The number of hydrogen-bond donors (Lipinski definition) is 1. The van der Waals surface area contributed by atoms with Gasteiger partial charge in [0.25, 0.3) is 0 Å². The van der Waals surface area contributed by atoms with Gasteiger partial charge in [-0.3, -0.25) is 0 Å². The van der Waals surface area contributed by atoms with E-state index in [2.05, 4.69) is 4.98 Å². The Balaban J connectivity index is 3.12. The highest BCUT2D eigenvalue weighted by atomic mass is 19.1. The molecule has 0 spiro atoms. The summed E-state index contributed by atoms with van der Waals surface area (Å²) in [5, 5.41) is 8.95. The van der Waals surface area contributed by atoms with Gasteiger partial charge in [-0.05, 0) is 13.0 Å². The van der Waals surface area contributed by atoms with E-state index in [1.807, 2.05) is 6.92 Å². The van der Waals surface area contributed by atoms with Gasteiger partial charge in [0.05, 0.1) is 19.3 Å². The third-order valence-electron chi connectivity index (χ3n) is 2.85. The largest absolute Gasteiger partial charge is 0.478 e. The van der Waals surface area contributed by atoms with Crippen molar-refractivity contribution in [2.24, 2.45) is 0 Å². The molecule has 1 rings (SSSR count). The molecule has 1 atom stereocenters. The number of aromatic nitrogens is 1. The molecule has 1 aromatic rings. The molecule has 0 aromatic carbocycles. The first-order valence-corrected chi connectivity index (χ1v) is 6.15. The van der Waals surface area contributed by atoms with Gasteiger partial charge >= 0.3 is 5.97 Å². The first kappa shape index (κ1) is 16.3. The van der Waals surface area contributed by atoms with Gasteiger partial charge in [0.15, 0.2) is 11.6 Å². The Bertz CT molecular complexity index is 456. The number of ether oxygens (including phenoxy) is 2. The Morgan fingerprint density at radius 3 is 2.75 bits per heavy atom. The van der Waals surface area contributed by atoms with Gasteiger partial charge in [0.2, 0.25) is 0 Å². The smallest absolute Gasteiger partial charge is 0.338 e. The van der Waals surface area contributed by atoms with Crippen molar-refractivity contribution in [3.8, 4) is 0 Å². The van der Waals surface area contributed by atoms with E-state index in [1.54, 1.807) is 12.0 Å². The van der Waals surface area contributed by atoms with E-state index in [0.29, 0.717) is 19.8 Å². The van der Waals surface area contributed by atoms with Crippen LogP contribution in [0.15, 0.2) is 12.3 Å². The summed E-state index contributed by atoms with van der Waals surface area (Å²) >= 11 is 0. The van der Waals surface area contributed by atoms with Gasteiger partial charge in [-0.2, -0.15) is 0 Å². The van der Waals surface area contributed by atoms with Crippen LogP contribution >= 0.6 is 0 Å². The van der Waals surface area contributed by atoms with Gasteiger partial charge in [0.1, 0.15) is 5.56 Å². The maximum atomic E-state index is 14.2. The average Bonchev–Trinajstić information content (AvgIpc) is 2.40. The summed E-state index contributed by atoms with van der Waals surface area (Å²) in [6, 6.07) is 0.970. The third kappa shape index (κ3) is 3.88. The zero-order valence-corrected chi connectivity index (χ0v) is 11.8. The second-order valence-corrected chi connectivity index (χ2v) is 4.29. The molecule has 1 heterocycles. The van der Waals surface area contributed by atoms with Gasteiger partial charge in [-0.25, -0.2) is 14.2 Å². The van der Waals surface area contributed by atoms with E-state index in [4.69, 9.17) is 14.6 Å². The molecule has 112 valence electrons. The number of carbonyl (C=O) groups is 1. The number of pyridine rings is 1. The Morgan fingerprint density at radius 2 is 2.20 bits per heavy atom. The Morgan fingerprint density at radius 1 is 1.50 bits per heavy atom. The molecule has 0 radical (unpaired) electrons. The fraction of sp³-hybridized carbons (Fsp3) is 0.538. The predicted octanol–water partition coefficient (Wildman–Crippen LogP) is 1.41. The van der Waals surface area contributed by atoms with Crippen molar-refractivity contribution in [2.75, 3.05) is 38.9 Å². The number of carboxylic acids is 1. The molecule has 0 fully saturated rings. The Labute approximate surface area is 117 Å². The number of rotatable bonds is 8. The number of methoxy groups -OCH3 is 2. The fourth-order valence-electron chi connectivity index (χ4n) is 1.85. The lowest BCUT2D eigenvalue weighted by Crippen LogP contribution is -2.40. The summed E-state index contributed by atoms with van der Waals surface area (Å²) in [6.45, 7) is 2.95. The third-order valence-corrected chi connectivity index (χ3v) is 2.85. The number of halogens is 1. The zero-order valence-electron chi connectivity index (χ0n) is 11.8. The second-order valence-electron chi connectivity index (χ2n) is 4.29. The van der Waals surface area contributed by atoms with Crippen molar-refractivity contribution < 1.29 is 23.8 Å². The molecule has 0 aliphatic rings. The second kappa shape index (κ2) is 7.76. The van der Waals surface area contributed by atoms with Crippen molar-refractivity contribution >= 4 is 11.8 Å². The van der Waals surface area contributed by atoms with Crippen LogP contribution < -0.4 is 4.90 Å². The van der Waals surface area contributed by atoms with Crippen LogP contribution in [0.5, 0.6) is 0 Å². The molecule has 0 aliphatic carbocycles. The number of aromatic carboxylic acids is 1. The van der Waals surface area contributed by atoms with Gasteiger partial charge in [-0.15, -0.1) is 0 Å². The number of carboxylic acid groups (broad SMARTS) is 1. The van der Waals surface area contributed by atoms with Gasteiger partial charge < -0.3 is 19.5 Å². The van der Waals surface area contributed by atoms with E-state index in [-0.39, 0.29) is 11.9 Å². The molecule has 0 bridgehead atoms. The van der Waals surface area contributed by atoms with Crippen molar-refractivity contribution in [1.29, 1.82) is 0 Å². The monoisotopic (exact) mass is 286 g/mol. The summed E-state index contributed by atoms with van der Waals surface area (Å²) in [5.41, 5.74) is -0.401. The molecule has 0 saturated carbocycles. The minimum atomic E-state index is -1.32. The Hall–Kier alpha value is -1.73. The van der Waals surface area contributed by atoms with Crippen molar-refractivity contribution in [3.05, 3.63) is 23.6 Å². The molecule has 6 nitrogen and oxygen atoms in total. The summed E-state index contributed by atoms with van der Waals surface area (Å²) < 4.78 is 24.3. The molecule has 0 amide bonds. The molecule has 0 aliphatic heterocycles. The highest BCUT2D eigenvalue weighted by Crippen LogP contribution is 2.21.